The smallest absolute Gasteiger partial charge is 0.374 e. The molecule has 0 aromatic carbocycles. The molecule has 0 aromatic rings. The molecule has 0 aliphatic carbocycles. The second-order valence-electron chi connectivity index (χ2n) is 6.32. The molecule has 0 saturated carbocycles. The molecule has 0 aliphatic rings. The van der Waals surface area contributed by atoms with E-state index in [2.05, 4.69) is 45.9 Å². The minimum atomic E-state index is -2.55. The van der Waals surface area contributed by atoms with Crippen LogP contribution in [0.1, 0.15) is 61.8 Å². The van der Waals surface area contributed by atoms with Gasteiger partial charge < -0.3 is 18.0 Å². The van der Waals surface area contributed by atoms with Crippen LogP contribution in [0.4, 0.5) is 0 Å². The lowest BCUT2D eigenvalue weighted by Crippen LogP contribution is -2.47. The number of hydrogen-bond donors (Lipinski definition) is 0. The fourth-order valence-corrected chi connectivity index (χ4v) is 5.61. The molecule has 0 saturated heterocycles. The summed E-state index contributed by atoms with van der Waals surface area (Å²) in [4.78, 5) is 2.37. The average molecular weight is 363 g/mol. The van der Waals surface area contributed by atoms with E-state index in [1.54, 1.807) is 0 Å². The Morgan fingerprint density at radius 1 is 0.875 bits per heavy atom. The summed E-state index contributed by atoms with van der Waals surface area (Å²) >= 11 is 0. The van der Waals surface area contributed by atoms with Gasteiger partial charge in [0.1, 0.15) is 6.23 Å². The van der Waals surface area contributed by atoms with Crippen LogP contribution in [0.3, 0.4) is 0 Å². The summed E-state index contributed by atoms with van der Waals surface area (Å²) in [5.41, 5.74) is 0. The fourth-order valence-electron chi connectivity index (χ4n) is 3.03. The quantitative estimate of drug-likeness (QED) is 0.249. The third-order valence-corrected chi connectivity index (χ3v) is 6.93. The van der Waals surface area contributed by atoms with Crippen molar-refractivity contribution in [3.63, 3.8) is 0 Å². The first kappa shape index (κ1) is 24.0. The molecule has 5 nitrogen and oxygen atoms in total. The van der Waals surface area contributed by atoms with E-state index in [1.807, 2.05) is 20.8 Å². The van der Waals surface area contributed by atoms with Crippen LogP contribution in [0.5, 0.6) is 0 Å². The van der Waals surface area contributed by atoms with Crippen LogP contribution in [0.2, 0.25) is 6.04 Å². The van der Waals surface area contributed by atoms with E-state index >= 15 is 0 Å². The summed E-state index contributed by atoms with van der Waals surface area (Å²) in [6.07, 6.45) is 3.03. The maximum atomic E-state index is 6.13. The number of ether oxygens (including phenoxy) is 1. The van der Waals surface area contributed by atoms with Crippen LogP contribution in [0, 0.1) is 6.42 Å². The van der Waals surface area contributed by atoms with Gasteiger partial charge in [-0.15, -0.1) is 0 Å². The molecule has 0 heterocycles. The maximum Gasteiger partial charge on any atom is 0.501 e. The van der Waals surface area contributed by atoms with Crippen molar-refractivity contribution in [2.75, 3.05) is 26.4 Å². The van der Waals surface area contributed by atoms with Gasteiger partial charge in [0.05, 0.1) is 0 Å². The molecule has 0 aromatic heterocycles. The van der Waals surface area contributed by atoms with E-state index in [0.29, 0.717) is 38.5 Å². The maximum absolute atomic E-state index is 6.13. The standard InChI is InChI=1S/C18H40NO4Si/c1-9-18(19(16(5)6)17(7)8)20-14-13-15-24(21-10-2,22-11-3)23-12-4/h9,16-18H,10-15H2,1-8H3. The predicted octanol–water partition coefficient (Wildman–Crippen LogP) is 4.11. The van der Waals surface area contributed by atoms with Gasteiger partial charge in [-0.2, -0.15) is 0 Å². The van der Waals surface area contributed by atoms with E-state index in [4.69, 9.17) is 18.0 Å². The van der Waals surface area contributed by atoms with Crippen molar-refractivity contribution in [3.05, 3.63) is 6.42 Å². The van der Waals surface area contributed by atoms with Gasteiger partial charge in [-0.05, 0) is 54.9 Å². The summed E-state index contributed by atoms with van der Waals surface area (Å²) in [6, 6.07) is 1.67. The highest BCUT2D eigenvalue weighted by Gasteiger charge is 2.39. The Labute approximate surface area is 151 Å². The lowest BCUT2D eigenvalue weighted by Gasteiger charge is -2.37. The van der Waals surface area contributed by atoms with Gasteiger partial charge in [0.2, 0.25) is 0 Å². The summed E-state index contributed by atoms with van der Waals surface area (Å²) in [6.45, 7) is 19.4. The van der Waals surface area contributed by atoms with Gasteiger partial charge in [0, 0.05) is 51.0 Å². The highest BCUT2D eigenvalue weighted by molar-refractivity contribution is 6.60. The van der Waals surface area contributed by atoms with Gasteiger partial charge in [0.15, 0.2) is 0 Å². The lowest BCUT2D eigenvalue weighted by atomic mass is 10.2. The molecular weight excluding hydrogens is 322 g/mol. The number of nitrogens with zero attached hydrogens (tertiary/aromatic N) is 1. The molecule has 0 amide bonds. The van der Waals surface area contributed by atoms with Crippen molar-refractivity contribution in [2.24, 2.45) is 0 Å². The van der Waals surface area contributed by atoms with E-state index in [0.717, 1.165) is 12.5 Å². The van der Waals surface area contributed by atoms with Crippen LogP contribution in [-0.2, 0) is 18.0 Å². The molecule has 0 aliphatic heterocycles. The Morgan fingerprint density at radius 2 is 1.33 bits per heavy atom. The zero-order valence-electron chi connectivity index (χ0n) is 17.1. The van der Waals surface area contributed by atoms with E-state index in [9.17, 15) is 0 Å². The number of rotatable bonds is 15. The van der Waals surface area contributed by atoms with Gasteiger partial charge in [0.25, 0.3) is 0 Å². The lowest BCUT2D eigenvalue weighted by molar-refractivity contribution is -0.0684. The SMILES string of the molecule is C[CH]C(OCCC[Si](OCC)(OCC)OCC)N(C(C)C)C(C)C. The second kappa shape index (κ2) is 13.3. The van der Waals surface area contributed by atoms with E-state index in [-0.39, 0.29) is 6.23 Å². The van der Waals surface area contributed by atoms with Crippen LogP contribution in [0.15, 0.2) is 0 Å². The van der Waals surface area contributed by atoms with Crippen molar-refractivity contribution >= 4 is 8.80 Å². The van der Waals surface area contributed by atoms with Crippen molar-refractivity contribution in [2.45, 2.75) is 86.2 Å². The van der Waals surface area contributed by atoms with E-state index in [1.165, 1.54) is 0 Å². The molecule has 0 fully saturated rings. The Bertz CT molecular complexity index is 278. The van der Waals surface area contributed by atoms with Gasteiger partial charge in [-0.25, -0.2) is 0 Å². The molecule has 145 valence electrons. The zero-order valence-corrected chi connectivity index (χ0v) is 18.1. The molecule has 6 heteroatoms. The highest BCUT2D eigenvalue weighted by atomic mass is 28.4. The topological polar surface area (TPSA) is 40.2 Å². The molecule has 24 heavy (non-hydrogen) atoms. The van der Waals surface area contributed by atoms with Gasteiger partial charge in [-0.3, -0.25) is 4.90 Å². The molecule has 0 N–H and O–H groups in total. The Balaban J connectivity index is 4.58. The predicted molar refractivity (Wildman–Crippen MR) is 102 cm³/mol. The average Bonchev–Trinajstić information content (AvgIpc) is 2.50. The third kappa shape index (κ3) is 8.40. The van der Waals surface area contributed by atoms with Crippen LogP contribution < -0.4 is 0 Å². The molecule has 0 spiro atoms. The first-order valence-corrected chi connectivity index (χ1v) is 11.4. The minimum Gasteiger partial charge on any atom is -0.374 e. The normalized spacial score (nSPS) is 14.1. The minimum absolute atomic E-state index is 0.0346. The van der Waals surface area contributed by atoms with Crippen molar-refractivity contribution < 1.29 is 18.0 Å². The molecule has 1 unspecified atom stereocenters. The molecule has 0 rings (SSSR count). The highest BCUT2D eigenvalue weighted by Crippen LogP contribution is 2.20. The van der Waals surface area contributed by atoms with Crippen LogP contribution in [0.25, 0.3) is 0 Å². The number of hydrogen-bond acceptors (Lipinski definition) is 5. The Kier molecular flexibility index (Phi) is 13.3. The van der Waals surface area contributed by atoms with Gasteiger partial charge in [-0.1, -0.05) is 6.92 Å². The Morgan fingerprint density at radius 3 is 1.67 bits per heavy atom. The van der Waals surface area contributed by atoms with E-state index < -0.39 is 8.80 Å². The first-order valence-electron chi connectivity index (χ1n) is 9.47. The van der Waals surface area contributed by atoms with Gasteiger partial charge >= 0.3 is 8.80 Å². The first-order chi connectivity index (χ1) is 11.4. The molecule has 0 bridgehead atoms. The van der Waals surface area contributed by atoms with Crippen molar-refractivity contribution in [1.82, 2.24) is 4.90 Å². The largest absolute Gasteiger partial charge is 0.501 e. The zero-order chi connectivity index (χ0) is 18.6. The fraction of sp³-hybridized carbons (Fsp3) is 0.944. The van der Waals surface area contributed by atoms with Crippen molar-refractivity contribution in [3.8, 4) is 0 Å². The second-order valence-corrected chi connectivity index (χ2v) is 9.05. The molecular formula is C18H40NO4Si. The molecule has 1 atom stereocenters. The molecule has 1 radical (unpaired) electrons. The Hall–Kier alpha value is 0.0169. The summed E-state index contributed by atoms with van der Waals surface area (Å²) < 4.78 is 23.8. The van der Waals surface area contributed by atoms with Crippen LogP contribution >= 0.6 is 0 Å². The summed E-state index contributed by atoms with van der Waals surface area (Å²) in [7, 11) is -2.55. The van der Waals surface area contributed by atoms with Crippen molar-refractivity contribution in [1.29, 1.82) is 0 Å². The monoisotopic (exact) mass is 362 g/mol. The summed E-state index contributed by atoms with van der Waals surface area (Å²) in [5.74, 6) is 0. The third-order valence-electron chi connectivity index (χ3n) is 3.78. The summed E-state index contributed by atoms with van der Waals surface area (Å²) in [5, 5.41) is 0. The van der Waals surface area contributed by atoms with Crippen LogP contribution in [-0.4, -0.2) is 58.4 Å².